The van der Waals surface area contributed by atoms with E-state index in [1.54, 1.807) is 15.9 Å². The van der Waals surface area contributed by atoms with Gasteiger partial charge in [-0.2, -0.15) is 0 Å². The maximum atomic E-state index is 11.2. The van der Waals surface area contributed by atoms with Gasteiger partial charge in [0.2, 0.25) is 0 Å². The summed E-state index contributed by atoms with van der Waals surface area (Å²) in [6.07, 6.45) is 0. The fourth-order valence-electron chi connectivity index (χ4n) is 1.60. The summed E-state index contributed by atoms with van der Waals surface area (Å²) in [5, 5.41) is 0. The predicted octanol–water partition coefficient (Wildman–Crippen LogP) is 5.00. The molecular formula is C14H11IOS. The van der Waals surface area contributed by atoms with E-state index in [-0.39, 0.29) is 5.78 Å². The van der Waals surface area contributed by atoms with Crippen LogP contribution in [0.3, 0.4) is 0 Å². The molecule has 0 heterocycles. The van der Waals surface area contributed by atoms with Gasteiger partial charge >= 0.3 is 0 Å². The summed E-state index contributed by atoms with van der Waals surface area (Å²) in [5.74, 6) is 0.105. The van der Waals surface area contributed by atoms with Gasteiger partial charge in [0.1, 0.15) is 0 Å². The molecule has 0 amide bonds. The number of hydrogen-bond donors (Lipinski definition) is 0. The van der Waals surface area contributed by atoms with Gasteiger partial charge in [0.05, 0.1) is 0 Å². The second-order valence-electron chi connectivity index (χ2n) is 3.74. The zero-order valence-corrected chi connectivity index (χ0v) is 12.3. The Bertz CT molecular complexity index is 517. The first-order valence-corrected chi connectivity index (χ1v) is 8.56. The molecule has 0 saturated carbocycles. The normalized spacial score (nSPS) is 10.2. The van der Waals surface area contributed by atoms with Gasteiger partial charge in [0.15, 0.2) is 5.78 Å². The lowest BCUT2D eigenvalue weighted by Gasteiger charge is -2.03. The molecule has 2 aromatic carbocycles. The van der Waals surface area contributed by atoms with Crippen molar-refractivity contribution in [2.24, 2.45) is 0 Å². The van der Waals surface area contributed by atoms with Gasteiger partial charge in [-0.15, -0.1) is 0 Å². The molecule has 0 unspecified atom stereocenters. The average Bonchev–Trinajstić information content (AvgIpc) is 2.39. The Balaban J connectivity index is 2.29. The van der Waals surface area contributed by atoms with Crippen molar-refractivity contribution >= 4 is 35.9 Å². The van der Waals surface area contributed by atoms with E-state index in [0.717, 1.165) is 11.1 Å². The van der Waals surface area contributed by atoms with Crippen molar-refractivity contribution in [2.45, 2.75) is 11.8 Å². The summed E-state index contributed by atoms with van der Waals surface area (Å²) in [5.41, 5.74) is 3.07. The Morgan fingerprint density at radius 2 is 1.41 bits per heavy atom. The van der Waals surface area contributed by atoms with Crippen LogP contribution in [-0.4, -0.2) is 5.78 Å². The lowest BCUT2D eigenvalue weighted by molar-refractivity contribution is 0.101. The standard InChI is InChI=1S/C14H11IOS/c1-10(16)11-2-4-12(5-3-11)13-6-8-14(17-15)9-7-13/h2-9H,1H3. The quantitative estimate of drug-likeness (QED) is 0.570. The molecule has 0 aromatic heterocycles. The molecule has 3 heteroatoms. The Morgan fingerprint density at radius 1 is 0.941 bits per heavy atom. The highest BCUT2D eigenvalue weighted by Gasteiger charge is 2.01. The van der Waals surface area contributed by atoms with Gasteiger partial charge in [0.25, 0.3) is 0 Å². The molecule has 17 heavy (non-hydrogen) atoms. The SMILES string of the molecule is CC(=O)c1ccc(-c2ccc(SI)cc2)cc1. The van der Waals surface area contributed by atoms with Crippen molar-refractivity contribution in [3.8, 4) is 11.1 Å². The van der Waals surface area contributed by atoms with Crippen molar-refractivity contribution in [3.05, 3.63) is 54.1 Å². The van der Waals surface area contributed by atoms with Crippen LogP contribution in [0.15, 0.2) is 53.4 Å². The molecule has 1 nitrogen and oxygen atoms in total. The topological polar surface area (TPSA) is 17.1 Å². The molecule has 2 aromatic rings. The van der Waals surface area contributed by atoms with Crippen LogP contribution in [0.1, 0.15) is 17.3 Å². The van der Waals surface area contributed by atoms with Crippen molar-refractivity contribution in [1.82, 2.24) is 0 Å². The molecule has 0 fully saturated rings. The minimum Gasteiger partial charge on any atom is -0.295 e. The smallest absolute Gasteiger partial charge is 0.159 e. The van der Waals surface area contributed by atoms with Crippen LogP contribution < -0.4 is 0 Å². The minimum absolute atomic E-state index is 0.105. The Morgan fingerprint density at radius 3 is 1.82 bits per heavy atom. The number of rotatable bonds is 3. The highest BCUT2D eigenvalue weighted by molar-refractivity contribution is 14.2. The van der Waals surface area contributed by atoms with Crippen molar-refractivity contribution in [3.63, 3.8) is 0 Å². The first-order valence-electron chi connectivity index (χ1n) is 5.21. The predicted molar refractivity (Wildman–Crippen MR) is 81.8 cm³/mol. The third-order valence-electron chi connectivity index (χ3n) is 2.57. The number of benzene rings is 2. The van der Waals surface area contributed by atoms with Gasteiger partial charge < -0.3 is 0 Å². The largest absolute Gasteiger partial charge is 0.295 e. The summed E-state index contributed by atoms with van der Waals surface area (Å²) in [4.78, 5) is 12.4. The zero-order valence-electron chi connectivity index (χ0n) is 9.31. The monoisotopic (exact) mass is 354 g/mol. The van der Waals surface area contributed by atoms with Crippen LogP contribution >= 0.6 is 30.1 Å². The van der Waals surface area contributed by atoms with E-state index in [9.17, 15) is 4.79 Å². The van der Waals surface area contributed by atoms with Crippen LogP contribution in [0.4, 0.5) is 0 Å². The molecule has 0 bridgehead atoms. The van der Waals surface area contributed by atoms with Gasteiger partial charge in [-0.25, -0.2) is 0 Å². The Hall–Kier alpha value is -0.810. The fourth-order valence-corrected chi connectivity index (χ4v) is 2.72. The summed E-state index contributed by atoms with van der Waals surface area (Å²) >= 11 is 2.27. The number of Topliss-reactive ketones (excluding diaryl/α,β-unsaturated/α-hetero) is 1. The number of carbonyl (C=O) groups excluding carboxylic acids is 1. The second kappa shape index (κ2) is 5.69. The van der Waals surface area contributed by atoms with E-state index < -0.39 is 0 Å². The highest BCUT2D eigenvalue weighted by Crippen LogP contribution is 2.28. The van der Waals surface area contributed by atoms with Crippen LogP contribution in [0.2, 0.25) is 0 Å². The maximum Gasteiger partial charge on any atom is 0.159 e. The van der Waals surface area contributed by atoms with Crippen molar-refractivity contribution < 1.29 is 4.79 Å². The lowest BCUT2D eigenvalue weighted by atomic mass is 10.0. The zero-order chi connectivity index (χ0) is 12.3. The first kappa shape index (κ1) is 12.6. The van der Waals surface area contributed by atoms with E-state index >= 15 is 0 Å². The summed E-state index contributed by atoms with van der Waals surface area (Å²) < 4.78 is 0. The van der Waals surface area contributed by atoms with Crippen LogP contribution in [-0.2, 0) is 0 Å². The number of halogens is 1. The van der Waals surface area contributed by atoms with E-state index in [2.05, 4.69) is 45.5 Å². The molecule has 0 aliphatic carbocycles. The first-order chi connectivity index (χ1) is 8.20. The van der Waals surface area contributed by atoms with Crippen LogP contribution in [0, 0.1) is 0 Å². The van der Waals surface area contributed by atoms with E-state index in [1.807, 2.05) is 24.3 Å². The lowest BCUT2D eigenvalue weighted by Crippen LogP contribution is -1.90. The summed E-state index contributed by atoms with van der Waals surface area (Å²) in [6.45, 7) is 1.58. The molecule has 0 aliphatic rings. The van der Waals surface area contributed by atoms with Crippen LogP contribution in [0.25, 0.3) is 11.1 Å². The van der Waals surface area contributed by atoms with Gasteiger partial charge in [-0.3, -0.25) is 4.79 Å². The minimum atomic E-state index is 0.105. The van der Waals surface area contributed by atoms with Gasteiger partial charge in [0, 0.05) is 31.7 Å². The van der Waals surface area contributed by atoms with Gasteiger partial charge in [-0.05, 0) is 30.2 Å². The summed E-state index contributed by atoms with van der Waals surface area (Å²) in [7, 11) is 1.70. The second-order valence-corrected chi connectivity index (χ2v) is 5.68. The van der Waals surface area contributed by atoms with Crippen molar-refractivity contribution in [1.29, 1.82) is 0 Å². The molecule has 2 rings (SSSR count). The van der Waals surface area contributed by atoms with Crippen molar-refractivity contribution in [2.75, 3.05) is 0 Å². The molecule has 0 aliphatic heterocycles. The molecule has 0 N–H and O–H groups in total. The van der Waals surface area contributed by atoms with E-state index in [0.29, 0.717) is 0 Å². The Labute approximate surface area is 117 Å². The van der Waals surface area contributed by atoms with E-state index in [4.69, 9.17) is 0 Å². The van der Waals surface area contributed by atoms with Crippen LogP contribution in [0.5, 0.6) is 0 Å². The number of hydrogen-bond acceptors (Lipinski definition) is 2. The average molecular weight is 354 g/mol. The molecule has 0 saturated heterocycles. The highest BCUT2D eigenvalue weighted by atomic mass is 127. The molecule has 0 atom stereocenters. The third kappa shape index (κ3) is 3.10. The Kier molecular flexibility index (Phi) is 4.23. The molecular weight excluding hydrogens is 343 g/mol. The molecule has 0 spiro atoms. The summed E-state index contributed by atoms with van der Waals surface area (Å²) in [6, 6.07) is 16.1. The molecule has 86 valence electrons. The molecule has 0 radical (unpaired) electrons. The number of ketones is 1. The third-order valence-corrected chi connectivity index (χ3v) is 4.54. The van der Waals surface area contributed by atoms with Gasteiger partial charge in [-0.1, -0.05) is 45.3 Å². The number of carbonyl (C=O) groups is 1. The van der Waals surface area contributed by atoms with E-state index in [1.165, 1.54) is 10.5 Å². The fraction of sp³-hybridized carbons (Fsp3) is 0.0714. The maximum absolute atomic E-state index is 11.2.